The number of guanidine groups is 1. The van der Waals surface area contributed by atoms with E-state index in [1.807, 2.05) is 24.3 Å². The second kappa shape index (κ2) is 26.8. The second-order valence-electron chi connectivity index (χ2n) is 17.9. The van der Waals surface area contributed by atoms with E-state index in [0.29, 0.717) is 21.7 Å². The molecule has 8 atom stereocenters. The fourth-order valence-electron chi connectivity index (χ4n) is 8.05. The molecule has 27 heteroatoms. The largest absolute Gasteiger partial charge is 0.370 e. The van der Waals surface area contributed by atoms with Gasteiger partial charge >= 0.3 is 6.03 Å². The van der Waals surface area contributed by atoms with Crippen LogP contribution in [0.3, 0.4) is 0 Å². The fraction of sp³-hybridized carbons (Fsp3) is 0.417. The number of imidazole rings is 1. The number of hydrogen-bond acceptors (Lipinski definition) is 14. The maximum Gasteiger partial charge on any atom is 0.325 e. The highest BCUT2D eigenvalue weighted by Gasteiger charge is 2.38. The van der Waals surface area contributed by atoms with Gasteiger partial charge in [0.1, 0.15) is 48.8 Å². The Morgan fingerprint density at radius 1 is 0.720 bits per heavy atom. The highest BCUT2D eigenvalue weighted by atomic mass is 33.1. The summed E-state index contributed by atoms with van der Waals surface area (Å²) in [5.41, 5.74) is 7.96. The first-order valence-corrected chi connectivity index (χ1v) is 26.5. The number of carbonyl (C=O) groups is 10. The number of H-pyrrole nitrogens is 2. The van der Waals surface area contributed by atoms with E-state index in [1.165, 1.54) is 33.3 Å². The zero-order valence-corrected chi connectivity index (χ0v) is 42.9. The number of nitrogens with zero attached hydrogens (tertiary/aromatic N) is 2. The number of urea groups is 1. The van der Waals surface area contributed by atoms with Gasteiger partial charge < -0.3 is 63.6 Å². The average molecular weight is 1070 g/mol. The van der Waals surface area contributed by atoms with Gasteiger partial charge in [0, 0.05) is 66.3 Å². The Kier molecular flexibility index (Phi) is 20.2. The summed E-state index contributed by atoms with van der Waals surface area (Å²) in [5, 5.41) is 32.3. The van der Waals surface area contributed by atoms with E-state index in [4.69, 9.17) is 11.1 Å². The van der Waals surface area contributed by atoms with Gasteiger partial charge in [0.2, 0.25) is 41.4 Å². The molecule has 4 heterocycles. The summed E-state index contributed by atoms with van der Waals surface area (Å²) in [5.74, 6) is -7.45. The van der Waals surface area contributed by atoms with Crippen molar-refractivity contribution in [2.75, 3.05) is 24.6 Å². The maximum absolute atomic E-state index is 14.6. The van der Waals surface area contributed by atoms with E-state index in [0.717, 1.165) is 32.5 Å². The number of fused-ring (bicyclic) bond motifs is 1. The first-order valence-electron chi connectivity index (χ1n) is 24.0. The van der Waals surface area contributed by atoms with Crippen LogP contribution in [-0.2, 0) is 62.4 Å². The fourth-order valence-corrected chi connectivity index (χ4v) is 10.5. The molecule has 2 saturated heterocycles. The molecule has 0 saturated carbocycles. The molecule has 6 rings (SSSR count). The van der Waals surface area contributed by atoms with E-state index in [-0.39, 0.29) is 56.1 Å². The number of para-hydroxylation sites is 1. The lowest BCUT2D eigenvalue weighted by Crippen LogP contribution is -2.60. The van der Waals surface area contributed by atoms with Gasteiger partial charge in [0.25, 0.3) is 5.91 Å². The highest BCUT2D eigenvalue weighted by Crippen LogP contribution is 2.24. The molecule has 10 amide bonds. The van der Waals surface area contributed by atoms with Crippen molar-refractivity contribution in [3.05, 3.63) is 90.1 Å². The minimum atomic E-state index is -1.40. The van der Waals surface area contributed by atoms with Gasteiger partial charge in [0.15, 0.2) is 11.7 Å². The van der Waals surface area contributed by atoms with Crippen molar-refractivity contribution in [1.29, 1.82) is 5.41 Å². The number of ketones is 1. The summed E-state index contributed by atoms with van der Waals surface area (Å²) < 4.78 is 0. The molecule has 0 spiro atoms. The van der Waals surface area contributed by atoms with Crippen LogP contribution in [0.5, 0.6) is 0 Å². The second-order valence-corrected chi connectivity index (χ2v) is 20.5. The zero-order chi connectivity index (χ0) is 54.2. The number of rotatable bonds is 14. The molecular formula is C48H61N15O10S2. The molecule has 2 aliphatic rings. The molecule has 2 aliphatic heterocycles. The van der Waals surface area contributed by atoms with Crippen LogP contribution in [0.4, 0.5) is 4.79 Å². The third kappa shape index (κ3) is 16.3. The van der Waals surface area contributed by atoms with Gasteiger partial charge in [-0.2, -0.15) is 0 Å². The SMILES string of the molecule is CC(=O)[C@@H]1CSSC[C@H](NC(=O)CN2C(=O)N[C@H](C)C2=O)C(=O)N[C@H](C)C(=O)N[C@@H](Cc2cnc[nH]2)C(=O)N[C@H](Cc2ccccc2)C(=O)N[C@@H](CCCNC(=N)N)C(=O)N[C@@H](Cc2c[nH]c3ccccc23)C(=O)N1. The lowest BCUT2D eigenvalue weighted by molar-refractivity contribution is -0.135. The number of nitrogens with one attached hydrogen (secondary N) is 12. The van der Waals surface area contributed by atoms with Crippen molar-refractivity contribution in [1.82, 2.24) is 67.7 Å². The number of carbonyl (C=O) groups excluding carboxylic acids is 10. The van der Waals surface area contributed by atoms with Crippen LogP contribution >= 0.6 is 21.6 Å². The lowest BCUT2D eigenvalue weighted by atomic mass is 10.0. The van der Waals surface area contributed by atoms with E-state index in [2.05, 4.69) is 62.8 Å². The molecule has 2 aromatic heterocycles. The van der Waals surface area contributed by atoms with E-state index in [1.54, 1.807) is 36.5 Å². The minimum absolute atomic E-state index is 0.0380. The molecule has 400 valence electrons. The third-order valence-electron chi connectivity index (χ3n) is 12.2. The number of hydrogen-bond donors (Lipinski definition) is 13. The molecule has 0 radical (unpaired) electrons. The summed E-state index contributed by atoms with van der Waals surface area (Å²) in [7, 11) is 2.09. The third-order valence-corrected chi connectivity index (χ3v) is 14.6. The van der Waals surface area contributed by atoms with Crippen molar-refractivity contribution in [2.45, 2.75) is 101 Å². The first kappa shape index (κ1) is 56.4. The Hall–Kier alpha value is -7.94. The molecular weight excluding hydrogens is 1010 g/mol. The zero-order valence-electron chi connectivity index (χ0n) is 41.3. The minimum Gasteiger partial charge on any atom is -0.370 e. The van der Waals surface area contributed by atoms with Gasteiger partial charge in [-0.1, -0.05) is 70.1 Å². The molecule has 0 unspecified atom stereocenters. The van der Waals surface area contributed by atoms with Crippen LogP contribution in [0.2, 0.25) is 0 Å². The summed E-state index contributed by atoms with van der Waals surface area (Å²) in [6.07, 6.45) is 4.32. The van der Waals surface area contributed by atoms with E-state index in [9.17, 15) is 47.9 Å². The number of aromatic nitrogens is 3. The van der Waals surface area contributed by atoms with E-state index >= 15 is 0 Å². The molecule has 0 bridgehead atoms. The summed E-state index contributed by atoms with van der Waals surface area (Å²) >= 11 is 0. The van der Waals surface area contributed by atoms with Crippen molar-refractivity contribution in [3.63, 3.8) is 0 Å². The molecule has 2 aromatic carbocycles. The summed E-state index contributed by atoms with van der Waals surface area (Å²) in [6.45, 7) is 3.45. The Balaban J connectivity index is 1.36. The van der Waals surface area contributed by atoms with Crippen LogP contribution in [0.1, 0.15) is 50.4 Å². The molecule has 0 aliphatic carbocycles. The van der Waals surface area contributed by atoms with Gasteiger partial charge in [-0.3, -0.25) is 53.5 Å². The van der Waals surface area contributed by atoms with Crippen LogP contribution in [0.15, 0.2) is 73.3 Å². The normalized spacial score (nSPS) is 23.9. The number of nitrogens with two attached hydrogens (primary N) is 1. The Bertz CT molecular complexity index is 2740. The quantitative estimate of drug-likeness (QED) is 0.0225. The van der Waals surface area contributed by atoms with Crippen molar-refractivity contribution in [3.8, 4) is 0 Å². The highest BCUT2D eigenvalue weighted by molar-refractivity contribution is 8.76. The Labute approximate surface area is 438 Å². The predicted octanol–water partition coefficient (Wildman–Crippen LogP) is -1.48. The molecule has 25 nitrogen and oxygen atoms in total. The van der Waals surface area contributed by atoms with Crippen molar-refractivity contribution < 1.29 is 47.9 Å². The van der Waals surface area contributed by atoms with Gasteiger partial charge in [-0.25, -0.2) is 9.78 Å². The van der Waals surface area contributed by atoms with Gasteiger partial charge in [0.05, 0.1) is 12.4 Å². The smallest absolute Gasteiger partial charge is 0.325 e. The van der Waals surface area contributed by atoms with Crippen LogP contribution in [-0.4, -0.2) is 158 Å². The van der Waals surface area contributed by atoms with Gasteiger partial charge in [-0.15, -0.1) is 0 Å². The first-order chi connectivity index (χ1) is 35.9. The van der Waals surface area contributed by atoms with Crippen LogP contribution in [0, 0.1) is 5.41 Å². The van der Waals surface area contributed by atoms with Gasteiger partial charge in [-0.05, 0) is 50.8 Å². The molecule has 14 N–H and O–H groups in total. The number of imide groups is 1. The number of benzene rings is 2. The van der Waals surface area contributed by atoms with Crippen LogP contribution in [0.25, 0.3) is 10.9 Å². The summed E-state index contributed by atoms with van der Waals surface area (Å²) in [6, 6.07) is 4.97. The summed E-state index contributed by atoms with van der Waals surface area (Å²) in [4.78, 5) is 148. The number of Topliss-reactive ketones (excluding diaryl/α,β-unsaturated/α-hetero) is 1. The molecule has 4 aromatic rings. The number of amides is 10. The molecule has 2 fully saturated rings. The number of aromatic amines is 2. The lowest BCUT2D eigenvalue weighted by Gasteiger charge is -2.27. The molecule has 75 heavy (non-hydrogen) atoms. The average Bonchev–Trinajstić information content (AvgIpc) is 4.11. The standard InChI is InChI=1S/C48H61N15O10S2/c1-25-40(66)59-36(18-30-20-51-24-54-30)44(70)60-34(16-28-10-5-4-6-11-28)42(68)58-33(14-9-15-52-47(49)50)41(67)61-35(17-29-19-53-32-13-8-7-12-31(29)32)43(69)62-37(27(3)64)22-74-75-23-38(45(71)55-25)57-39(65)21-63-46(72)26(2)56-48(63)73/h4-8,10-13,19-20,24-26,33-38,53H,9,14-18,21-23H2,1-3H3,(H,51,54)(H,55,71)(H,56,73)(H,57,65)(H,58,68)(H,59,66)(H,60,70)(H,61,67)(H,62,69)(H4,49,50,52)/t25-,26-,33+,34-,35+,36+,37+,38+/m1/s1. The van der Waals surface area contributed by atoms with Crippen molar-refractivity contribution >= 4 is 97.5 Å². The Morgan fingerprint density at radius 3 is 2.01 bits per heavy atom. The maximum atomic E-state index is 14.6. The topological polar surface area (TPSA) is 377 Å². The van der Waals surface area contributed by atoms with Crippen molar-refractivity contribution in [2.24, 2.45) is 5.73 Å². The predicted molar refractivity (Wildman–Crippen MR) is 278 cm³/mol. The van der Waals surface area contributed by atoms with Crippen LogP contribution < -0.4 is 53.6 Å². The monoisotopic (exact) mass is 1070 g/mol. The Morgan fingerprint density at radius 2 is 1.35 bits per heavy atom. The van der Waals surface area contributed by atoms with E-state index < -0.39 is 114 Å².